The van der Waals surface area contributed by atoms with Crippen molar-refractivity contribution in [2.45, 2.75) is 245 Å². The fourth-order valence-corrected chi connectivity index (χ4v) is 7.09. The predicted octanol–water partition coefficient (Wildman–Crippen LogP) is 14.3. The second-order valence-corrected chi connectivity index (χ2v) is 15.5. The van der Waals surface area contributed by atoms with Gasteiger partial charge in [-0.2, -0.15) is 0 Å². The van der Waals surface area contributed by atoms with Gasteiger partial charge in [0.1, 0.15) is 0 Å². The first kappa shape index (κ1) is 46.1. The molecule has 0 radical (unpaired) electrons. The molecule has 0 bridgehead atoms. The number of rotatable bonds is 38. The van der Waals surface area contributed by atoms with Crippen molar-refractivity contribution >= 4 is 19.8 Å². The molecule has 1 N–H and O–H groups in total. The number of carbonyl (C=O) groups is 2. The molecule has 0 aromatic rings. The zero-order chi connectivity index (χ0) is 34.5. The van der Waals surface area contributed by atoms with Crippen LogP contribution in [0.3, 0.4) is 0 Å². The third-order valence-corrected chi connectivity index (χ3v) is 10.3. The molecular formula is C40H79O6P. The molecule has 47 heavy (non-hydrogen) atoms. The molecule has 6 nitrogen and oxygen atoms in total. The Hall–Kier alpha value is -0.870. The highest BCUT2D eigenvalue weighted by molar-refractivity contribution is 7.48. The van der Waals surface area contributed by atoms with Crippen molar-refractivity contribution in [2.24, 2.45) is 0 Å². The fraction of sp³-hybridized carbons (Fsp3) is 0.950. The topological polar surface area (TPSA) is 89.9 Å². The summed E-state index contributed by atoms with van der Waals surface area (Å²) >= 11 is 0. The van der Waals surface area contributed by atoms with Gasteiger partial charge >= 0.3 is 19.8 Å². The number of phosphoric ester groups is 1. The average molecular weight is 687 g/mol. The molecule has 0 unspecified atom stereocenters. The maximum atomic E-state index is 12.1. The van der Waals surface area contributed by atoms with Gasteiger partial charge in [0, 0.05) is 12.8 Å². The van der Waals surface area contributed by atoms with Gasteiger partial charge in [0.15, 0.2) is 0 Å². The van der Waals surface area contributed by atoms with Crippen LogP contribution >= 0.6 is 7.82 Å². The Morgan fingerprint density at radius 1 is 0.362 bits per heavy atom. The lowest BCUT2D eigenvalue weighted by Gasteiger charge is -2.11. The first-order valence-electron chi connectivity index (χ1n) is 20.7. The van der Waals surface area contributed by atoms with E-state index in [1.54, 1.807) is 0 Å². The molecule has 280 valence electrons. The molecule has 0 saturated carbocycles. The van der Waals surface area contributed by atoms with Crippen LogP contribution in [-0.2, 0) is 23.2 Å². The Balaban J connectivity index is 3.49. The number of phosphoric acid groups is 1. The lowest BCUT2D eigenvalue weighted by molar-refractivity contribution is -0.140. The van der Waals surface area contributed by atoms with Gasteiger partial charge in [0.25, 0.3) is 0 Å². The van der Waals surface area contributed by atoms with Gasteiger partial charge in [0.2, 0.25) is 0 Å². The minimum Gasteiger partial charge on any atom is -0.361 e. The van der Waals surface area contributed by atoms with Crippen LogP contribution in [0, 0.1) is 0 Å². The first-order chi connectivity index (χ1) is 22.9. The summed E-state index contributed by atoms with van der Waals surface area (Å²) in [5.74, 6) is -1.55. The second kappa shape index (κ2) is 36.4. The zero-order valence-corrected chi connectivity index (χ0v) is 32.3. The monoisotopic (exact) mass is 687 g/mol. The Bertz CT molecular complexity index is 672. The maximum absolute atomic E-state index is 12.1. The number of carbonyl (C=O) groups excluding carboxylic acids is 2. The summed E-state index contributed by atoms with van der Waals surface area (Å²) in [6.45, 7) is 4.53. The quantitative estimate of drug-likeness (QED) is 0.0513. The third-order valence-electron chi connectivity index (χ3n) is 9.40. The average Bonchev–Trinajstić information content (AvgIpc) is 3.03. The summed E-state index contributed by atoms with van der Waals surface area (Å²) in [6, 6.07) is 0. The maximum Gasteiger partial charge on any atom is 0.589 e. The minimum atomic E-state index is -4.69. The fourth-order valence-electron chi connectivity index (χ4n) is 6.36. The highest BCUT2D eigenvalue weighted by Crippen LogP contribution is 2.44. The number of hydrogen-bond acceptors (Lipinski definition) is 5. The number of unbranched alkanes of at least 4 members (excludes halogenated alkanes) is 32. The zero-order valence-electron chi connectivity index (χ0n) is 31.4. The van der Waals surface area contributed by atoms with E-state index in [4.69, 9.17) is 0 Å². The van der Waals surface area contributed by atoms with Crippen molar-refractivity contribution in [3.05, 3.63) is 0 Å². The van der Waals surface area contributed by atoms with Crippen LogP contribution in [0.15, 0.2) is 0 Å². The summed E-state index contributed by atoms with van der Waals surface area (Å²) in [5.41, 5.74) is 0. The summed E-state index contributed by atoms with van der Waals surface area (Å²) in [5, 5.41) is 0. The van der Waals surface area contributed by atoms with Crippen molar-refractivity contribution in [1.82, 2.24) is 0 Å². The van der Waals surface area contributed by atoms with E-state index in [0.717, 1.165) is 38.5 Å². The molecule has 0 aliphatic heterocycles. The van der Waals surface area contributed by atoms with E-state index < -0.39 is 19.8 Å². The lowest BCUT2D eigenvalue weighted by atomic mass is 10.0. The SMILES string of the molecule is CCCCCCCCCCCCCCCCCCCC(=O)OP(=O)(O)OC(=O)CCCCCCCCCCCCCCCCCCC. The molecule has 0 saturated heterocycles. The lowest BCUT2D eigenvalue weighted by Crippen LogP contribution is -2.08. The van der Waals surface area contributed by atoms with Crippen LogP contribution < -0.4 is 0 Å². The molecular weight excluding hydrogens is 607 g/mol. The third kappa shape index (κ3) is 37.8. The Morgan fingerprint density at radius 2 is 0.532 bits per heavy atom. The van der Waals surface area contributed by atoms with Crippen LogP contribution in [0.5, 0.6) is 0 Å². The molecule has 0 atom stereocenters. The standard InChI is InChI=1S/C40H79O6P/c1-3-5-7-9-11-13-15-17-19-21-23-25-27-29-31-33-35-37-39(41)45-47(43,44)46-40(42)38-36-34-32-30-28-26-24-22-20-18-16-14-12-10-8-6-4-2/h3-38H2,1-2H3,(H,43,44). The van der Waals surface area contributed by atoms with E-state index in [2.05, 4.69) is 22.9 Å². The normalized spacial score (nSPS) is 11.6. The summed E-state index contributed by atoms with van der Waals surface area (Å²) < 4.78 is 21.3. The van der Waals surface area contributed by atoms with E-state index in [0.29, 0.717) is 12.8 Å². The van der Waals surface area contributed by atoms with Crippen molar-refractivity contribution in [2.75, 3.05) is 0 Å². The predicted molar refractivity (Wildman–Crippen MR) is 200 cm³/mol. The van der Waals surface area contributed by atoms with E-state index in [1.165, 1.54) is 167 Å². The molecule has 0 heterocycles. The van der Waals surface area contributed by atoms with Gasteiger partial charge in [-0.3, -0.25) is 14.5 Å². The van der Waals surface area contributed by atoms with Crippen molar-refractivity contribution < 1.29 is 28.1 Å². The van der Waals surface area contributed by atoms with Gasteiger partial charge in [-0.25, -0.2) is 4.57 Å². The Morgan fingerprint density at radius 3 is 0.723 bits per heavy atom. The van der Waals surface area contributed by atoms with Crippen LogP contribution in [0.4, 0.5) is 0 Å². The van der Waals surface area contributed by atoms with Crippen LogP contribution in [0.25, 0.3) is 0 Å². The largest absolute Gasteiger partial charge is 0.589 e. The first-order valence-corrected chi connectivity index (χ1v) is 22.2. The molecule has 0 aromatic carbocycles. The molecule has 0 aliphatic rings. The summed E-state index contributed by atoms with van der Waals surface area (Å²) in [6.07, 6.45) is 42.8. The minimum absolute atomic E-state index is 0.0693. The van der Waals surface area contributed by atoms with Gasteiger partial charge in [-0.05, 0) is 12.8 Å². The molecule has 0 aromatic heterocycles. The number of hydrogen-bond donors (Lipinski definition) is 1. The van der Waals surface area contributed by atoms with Crippen LogP contribution in [0.1, 0.15) is 245 Å². The van der Waals surface area contributed by atoms with Gasteiger partial charge in [0.05, 0.1) is 0 Å². The van der Waals surface area contributed by atoms with E-state index in [1.807, 2.05) is 0 Å². The molecule has 0 rings (SSSR count). The van der Waals surface area contributed by atoms with E-state index in [9.17, 15) is 19.0 Å². The summed E-state index contributed by atoms with van der Waals surface area (Å²) in [7, 11) is -4.69. The second-order valence-electron chi connectivity index (χ2n) is 14.2. The van der Waals surface area contributed by atoms with Crippen LogP contribution in [0.2, 0.25) is 0 Å². The molecule has 0 fully saturated rings. The smallest absolute Gasteiger partial charge is 0.361 e. The van der Waals surface area contributed by atoms with Gasteiger partial charge in [-0.1, -0.05) is 219 Å². The van der Waals surface area contributed by atoms with E-state index >= 15 is 0 Å². The summed E-state index contributed by atoms with van der Waals surface area (Å²) in [4.78, 5) is 33.8. The molecule has 0 amide bonds. The molecule has 0 aliphatic carbocycles. The van der Waals surface area contributed by atoms with Crippen molar-refractivity contribution in [3.63, 3.8) is 0 Å². The van der Waals surface area contributed by atoms with Gasteiger partial charge < -0.3 is 9.05 Å². The molecule has 0 spiro atoms. The van der Waals surface area contributed by atoms with Crippen molar-refractivity contribution in [1.29, 1.82) is 0 Å². The van der Waals surface area contributed by atoms with E-state index in [-0.39, 0.29) is 12.8 Å². The molecule has 7 heteroatoms. The Kier molecular flexibility index (Phi) is 35.7. The Labute approximate surface area is 292 Å². The highest BCUT2D eigenvalue weighted by Gasteiger charge is 2.30. The van der Waals surface area contributed by atoms with Crippen LogP contribution in [-0.4, -0.2) is 16.8 Å². The van der Waals surface area contributed by atoms with Crippen molar-refractivity contribution in [3.8, 4) is 0 Å². The van der Waals surface area contributed by atoms with Gasteiger partial charge in [-0.15, -0.1) is 0 Å². The highest BCUT2D eigenvalue weighted by atomic mass is 31.2.